The number of nitrogens with zero attached hydrogens (tertiary/aromatic N) is 2. The Morgan fingerprint density at radius 1 is 1.62 bits per heavy atom. The average Bonchev–Trinajstić information content (AvgIpc) is 2.47. The lowest BCUT2D eigenvalue weighted by Gasteiger charge is -1.96. The maximum atomic E-state index is 10.5. The SMILES string of the molecule is O=C(O)c1cn2ccc(Cl)c2cn1. The fourth-order valence-corrected chi connectivity index (χ4v) is 1.28. The van der Waals surface area contributed by atoms with Crippen LogP contribution in [0.4, 0.5) is 0 Å². The van der Waals surface area contributed by atoms with Crippen LogP contribution in [0.5, 0.6) is 0 Å². The Morgan fingerprint density at radius 3 is 3.08 bits per heavy atom. The Bertz CT molecular complexity index is 478. The van der Waals surface area contributed by atoms with Crippen LogP contribution in [0.3, 0.4) is 0 Å². The Labute approximate surface area is 78.4 Å². The topological polar surface area (TPSA) is 54.6 Å². The summed E-state index contributed by atoms with van der Waals surface area (Å²) in [4.78, 5) is 14.3. The maximum Gasteiger partial charge on any atom is 0.356 e. The quantitative estimate of drug-likeness (QED) is 0.755. The molecule has 0 atom stereocenters. The summed E-state index contributed by atoms with van der Waals surface area (Å²) < 4.78 is 1.62. The normalized spacial score (nSPS) is 10.5. The summed E-state index contributed by atoms with van der Waals surface area (Å²) in [5, 5.41) is 9.20. The molecule has 1 N–H and O–H groups in total. The van der Waals surface area contributed by atoms with Gasteiger partial charge in [-0.05, 0) is 6.07 Å². The van der Waals surface area contributed by atoms with E-state index in [4.69, 9.17) is 16.7 Å². The first-order chi connectivity index (χ1) is 6.18. The van der Waals surface area contributed by atoms with Gasteiger partial charge in [0.1, 0.15) is 0 Å². The summed E-state index contributed by atoms with van der Waals surface area (Å²) in [5.74, 6) is -1.05. The van der Waals surface area contributed by atoms with E-state index in [1.54, 1.807) is 16.7 Å². The molecular weight excluding hydrogens is 192 g/mol. The molecule has 0 fully saturated rings. The van der Waals surface area contributed by atoms with Crippen molar-refractivity contribution in [3.8, 4) is 0 Å². The first-order valence-corrected chi connectivity index (χ1v) is 3.92. The Balaban J connectivity index is 2.70. The van der Waals surface area contributed by atoms with E-state index < -0.39 is 5.97 Å². The average molecular weight is 197 g/mol. The molecule has 0 aliphatic carbocycles. The molecule has 0 aliphatic heterocycles. The Kier molecular flexibility index (Phi) is 1.70. The minimum absolute atomic E-state index is 0.000216. The fraction of sp³-hybridized carbons (Fsp3) is 0. The summed E-state index contributed by atoms with van der Waals surface area (Å²) in [6.45, 7) is 0. The van der Waals surface area contributed by atoms with Crippen LogP contribution < -0.4 is 0 Å². The van der Waals surface area contributed by atoms with Crippen molar-refractivity contribution in [3.05, 3.63) is 35.4 Å². The Hall–Kier alpha value is -1.55. The minimum atomic E-state index is -1.05. The summed E-state index contributed by atoms with van der Waals surface area (Å²) in [7, 11) is 0. The zero-order valence-corrected chi connectivity index (χ0v) is 7.19. The minimum Gasteiger partial charge on any atom is -0.476 e. The number of halogens is 1. The number of carbonyl (C=O) groups is 1. The highest BCUT2D eigenvalue weighted by molar-refractivity contribution is 6.33. The van der Waals surface area contributed by atoms with Crippen molar-refractivity contribution >= 4 is 23.1 Å². The number of fused-ring (bicyclic) bond motifs is 1. The van der Waals surface area contributed by atoms with Gasteiger partial charge in [0.25, 0.3) is 0 Å². The first-order valence-electron chi connectivity index (χ1n) is 3.54. The van der Waals surface area contributed by atoms with Gasteiger partial charge in [0.2, 0.25) is 0 Å². The van der Waals surface area contributed by atoms with Gasteiger partial charge in [-0.2, -0.15) is 0 Å². The zero-order chi connectivity index (χ0) is 9.42. The van der Waals surface area contributed by atoms with Crippen molar-refractivity contribution in [1.29, 1.82) is 0 Å². The molecule has 2 aromatic heterocycles. The van der Waals surface area contributed by atoms with E-state index in [1.165, 1.54) is 12.4 Å². The summed E-state index contributed by atoms with van der Waals surface area (Å²) >= 11 is 5.80. The molecule has 5 heteroatoms. The predicted molar refractivity (Wildman–Crippen MR) is 47.2 cm³/mol. The highest BCUT2D eigenvalue weighted by atomic mass is 35.5. The number of rotatable bonds is 1. The lowest BCUT2D eigenvalue weighted by Crippen LogP contribution is -2.01. The second kappa shape index (κ2) is 2.74. The predicted octanol–water partition coefficient (Wildman–Crippen LogP) is 1.69. The van der Waals surface area contributed by atoms with Gasteiger partial charge in [0, 0.05) is 12.4 Å². The van der Waals surface area contributed by atoms with Gasteiger partial charge in [-0.1, -0.05) is 11.6 Å². The van der Waals surface area contributed by atoms with Crippen LogP contribution in [-0.4, -0.2) is 20.5 Å². The molecule has 66 valence electrons. The molecule has 0 saturated carbocycles. The van der Waals surface area contributed by atoms with Crippen molar-refractivity contribution < 1.29 is 9.90 Å². The van der Waals surface area contributed by atoms with E-state index in [9.17, 15) is 4.79 Å². The molecule has 2 rings (SSSR count). The van der Waals surface area contributed by atoms with Crippen LogP contribution in [0.25, 0.3) is 5.52 Å². The first kappa shape index (κ1) is 8.07. The van der Waals surface area contributed by atoms with Gasteiger partial charge in [-0.25, -0.2) is 9.78 Å². The second-order valence-corrected chi connectivity index (χ2v) is 2.94. The zero-order valence-electron chi connectivity index (χ0n) is 6.44. The van der Waals surface area contributed by atoms with E-state index in [2.05, 4.69) is 4.98 Å². The number of aromatic carboxylic acids is 1. The van der Waals surface area contributed by atoms with E-state index in [0.29, 0.717) is 10.5 Å². The van der Waals surface area contributed by atoms with Gasteiger partial charge < -0.3 is 9.51 Å². The summed E-state index contributed by atoms with van der Waals surface area (Å²) in [5.41, 5.74) is 0.700. The number of hydrogen-bond donors (Lipinski definition) is 1. The molecule has 0 bridgehead atoms. The van der Waals surface area contributed by atoms with Crippen molar-refractivity contribution in [2.75, 3.05) is 0 Å². The molecule has 0 saturated heterocycles. The van der Waals surface area contributed by atoms with Crippen LogP contribution in [0.15, 0.2) is 24.7 Å². The lowest BCUT2D eigenvalue weighted by atomic mass is 10.4. The van der Waals surface area contributed by atoms with Crippen LogP contribution in [0, 0.1) is 0 Å². The number of hydrogen-bond acceptors (Lipinski definition) is 2. The fourth-order valence-electron chi connectivity index (χ4n) is 1.08. The van der Waals surface area contributed by atoms with Gasteiger partial charge in [-0.3, -0.25) is 0 Å². The molecule has 2 aromatic rings. The molecule has 13 heavy (non-hydrogen) atoms. The molecular formula is C8H5ClN2O2. The van der Waals surface area contributed by atoms with Crippen LogP contribution >= 0.6 is 11.6 Å². The standard InChI is InChI=1S/C8H5ClN2O2/c9-5-1-2-11-4-6(8(12)13)10-3-7(5)11/h1-4H,(H,12,13). The van der Waals surface area contributed by atoms with Gasteiger partial charge in [0.05, 0.1) is 16.7 Å². The third-order valence-electron chi connectivity index (χ3n) is 1.71. The van der Waals surface area contributed by atoms with Crippen LogP contribution in [-0.2, 0) is 0 Å². The highest BCUT2D eigenvalue weighted by Gasteiger charge is 2.06. The van der Waals surface area contributed by atoms with Crippen LogP contribution in [0.1, 0.15) is 10.5 Å². The van der Waals surface area contributed by atoms with E-state index in [-0.39, 0.29) is 5.69 Å². The third kappa shape index (κ3) is 1.25. The smallest absolute Gasteiger partial charge is 0.356 e. The number of aromatic nitrogens is 2. The second-order valence-electron chi connectivity index (χ2n) is 2.53. The van der Waals surface area contributed by atoms with E-state index in [0.717, 1.165) is 0 Å². The maximum absolute atomic E-state index is 10.5. The number of carboxylic acids is 1. The van der Waals surface area contributed by atoms with Gasteiger partial charge in [0.15, 0.2) is 5.69 Å². The highest BCUT2D eigenvalue weighted by Crippen LogP contribution is 2.17. The Morgan fingerprint density at radius 2 is 2.38 bits per heavy atom. The van der Waals surface area contributed by atoms with E-state index in [1.807, 2.05) is 0 Å². The van der Waals surface area contributed by atoms with Crippen molar-refractivity contribution in [2.24, 2.45) is 0 Å². The van der Waals surface area contributed by atoms with Crippen molar-refractivity contribution in [3.63, 3.8) is 0 Å². The summed E-state index contributed by atoms with van der Waals surface area (Å²) in [6.07, 6.45) is 4.54. The molecule has 0 aliphatic rings. The molecule has 2 heterocycles. The molecule has 0 unspecified atom stereocenters. The monoisotopic (exact) mass is 196 g/mol. The number of carboxylic acid groups (broad SMARTS) is 1. The van der Waals surface area contributed by atoms with Crippen molar-refractivity contribution in [2.45, 2.75) is 0 Å². The van der Waals surface area contributed by atoms with Gasteiger partial charge in [-0.15, -0.1) is 0 Å². The molecule has 0 aromatic carbocycles. The van der Waals surface area contributed by atoms with Gasteiger partial charge >= 0.3 is 5.97 Å². The van der Waals surface area contributed by atoms with Crippen LogP contribution in [0.2, 0.25) is 5.02 Å². The molecule has 0 amide bonds. The third-order valence-corrected chi connectivity index (χ3v) is 2.03. The lowest BCUT2D eigenvalue weighted by molar-refractivity contribution is 0.0690. The van der Waals surface area contributed by atoms with Crippen molar-refractivity contribution in [1.82, 2.24) is 9.38 Å². The van der Waals surface area contributed by atoms with E-state index >= 15 is 0 Å². The summed E-state index contributed by atoms with van der Waals surface area (Å²) in [6, 6.07) is 1.68. The molecule has 0 radical (unpaired) electrons. The largest absolute Gasteiger partial charge is 0.476 e. The molecule has 0 spiro atoms. The molecule has 4 nitrogen and oxygen atoms in total.